The molecule has 2 rings (SSSR count). The van der Waals surface area contributed by atoms with Crippen molar-refractivity contribution in [2.75, 3.05) is 19.4 Å². The van der Waals surface area contributed by atoms with E-state index in [1.54, 1.807) is 6.07 Å². The van der Waals surface area contributed by atoms with Crippen molar-refractivity contribution in [3.8, 4) is 5.75 Å². The van der Waals surface area contributed by atoms with E-state index in [9.17, 15) is 13.2 Å². The van der Waals surface area contributed by atoms with E-state index < -0.39 is 16.2 Å². The molecule has 2 aromatic rings. The van der Waals surface area contributed by atoms with Gasteiger partial charge in [0.1, 0.15) is 0 Å². The van der Waals surface area contributed by atoms with Crippen molar-refractivity contribution < 1.29 is 17.4 Å². The van der Waals surface area contributed by atoms with Crippen molar-refractivity contribution in [3.05, 3.63) is 57.0 Å². The molecule has 25 heavy (non-hydrogen) atoms. The number of nitrogens with one attached hydrogen (secondary N) is 1. The Hall–Kier alpha value is -1.51. The number of halogens is 3. The lowest BCUT2D eigenvalue weighted by atomic mass is 10.2. The first-order chi connectivity index (χ1) is 11.6. The van der Waals surface area contributed by atoms with E-state index in [4.69, 9.17) is 39.0 Å². The lowest BCUT2D eigenvalue weighted by molar-refractivity contribution is 0.102. The second-order valence-corrected chi connectivity index (χ2v) is 8.05. The summed E-state index contributed by atoms with van der Waals surface area (Å²) in [7, 11) is -1.45. The van der Waals surface area contributed by atoms with Crippen molar-refractivity contribution >= 4 is 56.7 Å². The van der Waals surface area contributed by atoms with Crippen LogP contribution in [0.1, 0.15) is 10.4 Å². The quantitative estimate of drug-likeness (QED) is 0.786. The molecule has 10 heteroatoms. The fourth-order valence-corrected chi connectivity index (χ4v) is 2.69. The highest BCUT2D eigenvalue weighted by Gasteiger charge is 2.21. The van der Waals surface area contributed by atoms with E-state index in [1.807, 2.05) is 0 Å². The monoisotopic (exact) mass is 422 g/mol. The number of carbonyl (C=O) groups excluding carboxylic acids is 1. The average molecular weight is 424 g/mol. The third-order valence-electron chi connectivity index (χ3n) is 3.01. The molecular formula is C15H13Cl3N2O4S. The maximum Gasteiger partial charge on any atom is 0.384 e. The third-order valence-corrected chi connectivity index (χ3v) is 5.27. The summed E-state index contributed by atoms with van der Waals surface area (Å²) >= 11 is 17.6. The minimum atomic E-state index is -4.05. The summed E-state index contributed by atoms with van der Waals surface area (Å²) in [5, 5.41) is 3.41. The fraction of sp³-hybridized carbons (Fsp3) is 0.133. The third kappa shape index (κ3) is 4.99. The van der Waals surface area contributed by atoms with Gasteiger partial charge in [0.25, 0.3) is 5.91 Å². The maximum absolute atomic E-state index is 12.5. The number of hydrogen-bond acceptors (Lipinski definition) is 4. The second kappa shape index (κ2) is 7.80. The largest absolute Gasteiger partial charge is 0.384 e. The summed E-state index contributed by atoms with van der Waals surface area (Å²) in [6.45, 7) is 0. The van der Waals surface area contributed by atoms with Crippen LogP contribution in [-0.4, -0.2) is 32.7 Å². The van der Waals surface area contributed by atoms with Crippen molar-refractivity contribution in [1.82, 2.24) is 4.31 Å². The van der Waals surface area contributed by atoms with Gasteiger partial charge in [-0.3, -0.25) is 4.79 Å². The first-order valence-corrected chi connectivity index (χ1v) is 9.28. The number of carbonyl (C=O) groups is 1. The van der Waals surface area contributed by atoms with Crippen LogP contribution in [0.2, 0.25) is 15.1 Å². The summed E-state index contributed by atoms with van der Waals surface area (Å²) in [6.07, 6.45) is 0. The summed E-state index contributed by atoms with van der Waals surface area (Å²) in [4.78, 5) is 12.5. The van der Waals surface area contributed by atoms with Crippen LogP contribution >= 0.6 is 34.8 Å². The van der Waals surface area contributed by atoms with Crippen molar-refractivity contribution in [3.63, 3.8) is 0 Å². The van der Waals surface area contributed by atoms with Crippen molar-refractivity contribution in [2.45, 2.75) is 0 Å². The molecule has 0 saturated carbocycles. The maximum atomic E-state index is 12.5. The topological polar surface area (TPSA) is 75.7 Å². The number of benzene rings is 2. The van der Waals surface area contributed by atoms with Crippen LogP contribution in [0.5, 0.6) is 5.75 Å². The Kier molecular flexibility index (Phi) is 6.18. The molecule has 2 aromatic carbocycles. The number of nitrogens with zero attached hydrogens (tertiary/aromatic N) is 1. The van der Waals surface area contributed by atoms with Gasteiger partial charge in [-0.1, -0.05) is 34.8 Å². The molecule has 0 unspecified atom stereocenters. The molecule has 0 aliphatic rings. The van der Waals surface area contributed by atoms with Gasteiger partial charge in [0.15, 0.2) is 5.75 Å². The van der Waals surface area contributed by atoms with Gasteiger partial charge >= 0.3 is 10.3 Å². The molecule has 0 aliphatic carbocycles. The van der Waals surface area contributed by atoms with E-state index in [0.717, 1.165) is 4.31 Å². The predicted octanol–water partition coefficient (Wildman–Crippen LogP) is 4.08. The molecule has 0 radical (unpaired) electrons. The molecule has 0 aromatic heterocycles. The minimum Gasteiger partial charge on any atom is -0.370 e. The summed E-state index contributed by atoms with van der Waals surface area (Å²) < 4.78 is 29.7. The zero-order chi connectivity index (χ0) is 18.8. The highest BCUT2D eigenvalue weighted by atomic mass is 35.5. The molecule has 6 nitrogen and oxygen atoms in total. The number of rotatable bonds is 5. The number of amides is 1. The van der Waals surface area contributed by atoms with Crippen LogP contribution in [0.25, 0.3) is 0 Å². The minimum absolute atomic E-state index is 0.0131. The van der Waals surface area contributed by atoms with Crippen molar-refractivity contribution in [1.29, 1.82) is 0 Å². The SMILES string of the molecule is CN(C)S(=O)(=O)Oc1cc(Cl)ccc1C(=O)Nc1ccc(Cl)c(Cl)c1. The number of hydrogen-bond donors (Lipinski definition) is 1. The summed E-state index contributed by atoms with van der Waals surface area (Å²) in [5.74, 6) is -0.794. The Bertz CT molecular complexity index is 917. The highest BCUT2D eigenvalue weighted by Crippen LogP contribution is 2.28. The van der Waals surface area contributed by atoms with Gasteiger partial charge < -0.3 is 9.50 Å². The molecule has 0 aliphatic heterocycles. The van der Waals surface area contributed by atoms with Crippen LogP contribution < -0.4 is 9.50 Å². The molecule has 0 bridgehead atoms. The van der Waals surface area contributed by atoms with Crippen LogP contribution in [0.3, 0.4) is 0 Å². The molecule has 0 heterocycles. The van der Waals surface area contributed by atoms with E-state index >= 15 is 0 Å². The standard InChI is InChI=1S/C15H13Cl3N2O4S/c1-20(2)25(22,23)24-14-7-9(16)3-5-11(14)15(21)19-10-4-6-12(17)13(18)8-10/h3-8H,1-2H3,(H,19,21). The molecule has 1 amide bonds. The van der Waals surface area contributed by atoms with Crippen molar-refractivity contribution in [2.24, 2.45) is 0 Å². The van der Waals surface area contributed by atoms with Gasteiger partial charge in [-0.05, 0) is 30.3 Å². The molecule has 0 saturated heterocycles. The zero-order valence-electron chi connectivity index (χ0n) is 13.1. The Labute approximate surface area is 160 Å². The molecule has 1 N–H and O–H groups in total. The molecule has 134 valence electrons. The Morgan fingerprint density at radius 2 is 1.72 bits per heavy atom. The van der Waals surface area contributed by atoms with E-state index in [0.29, 0.717) is 10.7 Å². The van der Waals surface area contributed by atoms with Crippen LogP contribution in [-0.2, 0) is 10.3 Å². The lowest BCUT2D eigenvalue weighted by Gasteiger charge is -2.15. The molecule has 0 fully saturated rings. The Balaban J connectivity index is 2.34. The van der Waals surface area contributed by atoms with E-state index in [2.05, 4.69) is 5.32 Å². The Morgan fingerprint density at radius 1 is 1.04 bits per heavy atom. The summed E-state index contributed by atoms with van der Waals surface area (Å²) in [6, 6.07) is 8.59. The molecule has 0 atom stereocenters. The van der Waals surface area contributed by atoms with Gasteiger partial charge in [-0.15, -0.1) is 0 Å². The second-order valence-electron chi connectivity index (χ2n) is 5.05. The first-order valence-electron chi connectivity index (χ1n) is 6.78. The average Bonchev–Trinajstić information content (AvgIpc) is 2.50. The lowest BCUT2D eigenvalue weighted by Crippen LogP contribution is -2.28. The normalized spacial score (nSPS) is 11.4. The van der Waals surface area contributed by atoms with Crippen LogP contribution in [0.4, 0.5) is 5.69 Å². The summed E-state index contributed by atoms with van der Waals surface area (Å²) in [5.41, 5.74) is 0.372. The van der Waals surface area contributed by atoms with Crippen LogP contribution in [0.15, 0.2) is 36.4 Å². The van der Waals surface area contributed by atoms with Gasteiger partial charge in [0, 0.05) is 30.9 Å². The van der Waals surface area contributed by atoms with Crippen LogP contribution in [0, 0.1) is 0 Å². The molecule has 0 spiro atoms. The predicted molar refractivity (Wildman–Crippen MR) is 99.1 cm³/mol. The van der Waals surface area contributed by atoms with Gasteiger partial charge in [0.05, 0.1) is 15.6 Å². The van der Waals surface area contributed by atoms with Gasteiger partial charge in [-0.25, -0.2) is 0 Å². The zero-order valence-corrected chi connectivity index (χ0v) is 16.2. The fourth-order valence-electron chi connectivity index (χ4n) is 1.71. The first kappa shape index (κ1) is 19.8. The number of anilines is 1. The highest BCUT2D eigenvalue weighted by molar-refractivity contribution is 7.84. The van der Waals surface area contributed by atoms with E-state index in [-0.39, 0.29) is 21.4 Å². The smallest absolute Gasteiger partial charge is 0.370 e. The van der Waals surface area contributed by atoms with E-state index in [1.165, 1.54) is 44.4 Å². The Morgan fingerprint density at radius 3 is 2.32 bits per heavy atom. The van der Waals surface area contributed by atoms with Gasteiger partial charge in [-0.2, -0.15) is 12.7 Å². The van der Waals surface area contributed by atoms with Gasteiger partial charge in [0.2, 0.25) is 0 Å². The molecular weight excluding hydrogens is 411 g/mol.